The summed E-state index contributed by atoms with van der Waals surface area (Å²) in [5, 5.41) is 2.94. The van der Waals surface area contributed by atoms with Crippen molar-refractivity contribution in [2.45, 2.75) is 45.1 Å². The Hall–Kier alpha value is -1.46. The van der Waals surface area contributed by atoms with Gasteiger partial charge in [-0.3, -0.25) is 4.79 Å². The zero-order valence-corrected chi connectivity index (χ0v) is 13.2. The van der Waals surface area contributed by atoms with E-state index in [1.54, 1.807) is 0 Å². The molecule has 5 heteroatoms. The van der Waals surface area contributed by atoms with Gasteiger partial charge < -0.3 is 15.8 Å². The third-order valence-electron chi connectivity index (χ3n) is 3.76. The largest absolute Gasteiger partial charge is 0.389 e. The molecule has 4 nitrogen and oxygen atoms in total. The number of amides is 1. The first kappa shape index (κ1) is 15.9. The van der Waals surface area contributed by atoms with Crippen LogP contribution in [0.4, 0.5) is 5.69 Å². The van der Waals surface area contributed by atoms with Crippen LogP contribution >= 0.6 is 12.2 Å². The molecule has 114 valence electrons. The SMILES string of the molecule is Cc1ccc(C(N)=S)cc1NC(=O)CCC1CCCCO1. The minimum Gasteiger partial charge on any atom is -0.389 e. The van der Waals surface area contributed by atoms with Crippen LogP contribution in [0.15, 0.2) is 18.2 Å². The van der Waals surface area contributed by atoms with E-state index in [-0.39, 0.29) is 12.0 Å². The van der Waals surface area contributed by atoms with Crippen molar-refractivity contribution in [3.05, 3.63) is 29.3 Å². The quantitative estimate of drug-likeness (QED) is 0.821. The number of aryl methyl sites for hydroxylation is 1. The van der Waals surface area contributed by atoms with Crippen LogP contribution in [0.25, 0.3) is 0 Å². The van der Waals surface area contributed by atoms with E-state index in [0.29, 0.717) is 11.4 Å². The Morgan fingerprint density at radius 2 is 2.29 bits per heavy atom. The van der Waals surface area contributed by atoms with Crippen LogP contribution in [-0.2, 0) is 9.53 Å². The van der Waals surface area contributed by atoms with Crippen molar-refractivity contribution in [1.82, 2.24) is 0 Å². The lowest BCUT2D eigenvalue weighted by Crippen LogP contribution is -2.22. The van der Waals surface area contributed by atoms with Gasteiger partial charge >= 0.3 is 0 Å². The summed E-state index contributed by atoms with van der Waals surface area (Å²) in [6, 6.07) is 5.60. The lowest BCUT2D eigenvalue weighted by Gasteiger charge is -2.22. The Morgan fingerprint density at radius 3 is 2.95 bits per heavy atom. The Balaban J connectivity index is 1.89. The molecular weight excluding hydrogens is 284 g/mol. The molecule has 1 fully saturated rings. The summed E-state index contributed by atoms with van der Waals surface area (Å²) >= 11 is 4.96. The van der Waals surface area contributed by atoms with Crippen LogP contribution in [0.3, 0.4) is 0 Å². The van der Waals surface area contributed by atoms with Gasteiger partial charge in [0.15, 0.2) is 0 Å². The highest BCUT2D eigenvalue weighted by molar-refractivity contribution is 7.80. The number of anilines is 1. The van der Waals surface area contributed by atoms with Crippen LogP contribution in [-0.4, -0.2) is 23.6 Å². The highest BCUT2D eigenvalue weighted by Gasteiger charge is 2.15. The van der Waals surface area contributed by atoms with E-state index in [9.17, 15) is 4.79 Å². The molecular formula is C16H22N2O2S. The fourth-order valence-electron chi connectivity index (χ4n) is 2.45. The van der Waals surface area contributed by atoms with E-state index in [2.05, 4.69) is 5.32 Å². The minimum absolute atomic E-state index is 0.00682. The molecule has 1 atom stereocenters. The fraction of sp³-hybridized carbons (Fsp3) is 0.500. The molecule has 21 heavy (non-hydrogen) atoms. The number of nitrogens with one attached hydrogen (secondary N) is 1. The first-order chi connectivity index (χ1) is 10.1. The van der Waals surface area contributed by atoms with Crippen LogP contribution < -0.4 is 11.1 Å². The number of hydrogen-bond acceptors (Lipinski definition) is 3. The summed E-state index contributed by atoms with van der Waals surface area (Å²) in [4.78, 5) is 12.4. The molecule has 0 aromatic heterocycles. The first-order valence-electron chi connectivity index (χ1n) is 7.38. The molecule has 1 aromatic carbocycles. The second-order valence-electron chi connectivity index (χ2n) is 5.47. The Labute approximate surface area is 131 Å². The smallest absolute Gasteiger partial charge is 0.224 e. The first-order valence-corrected chi connectivity index (χ1v) is 7.79. The predicted octanol–water partition coefficient (Wildman–Crippen LogP) is 2.92. The summed E-state index contributed by atoms with van der Waals surface area (Å²) in [7, 11) is 0. The monoisotopic (exact) mass is 306 g/mol. The van der Waals surface area contributed by atoms with Crippen molar-refractivity contribution in [3.8, 4) is 0 Å². The molecule has 1 amide bonds. The summed E-state index contributed by atoms with van der Waals surface area (Å²) in [5.41, 5.74) is 8.16. The van der Waals surface area contributed by atoms with Gasteiger partial charge in [0.25, 0.3) is 0 Å². The maximum Gasteiger partial charge on any atom is 0.224 e. The van der Waals surface area contributed by atoms with E-state index in [1.807, 2.05) is 25.1 Å². The summed E-state index contributed by atoms with van der Waals surface area (Å²) in [5.74, 6) is 0.00682. The third-order valence-corrected chi connectivity index (χ3v) is 4.00. The molecule has 0 spiro atoms. The minimum atomic E-state index is 0.00682. The lowest BCUT2D eigenvalue weighted by molar-refractivity contribution is -0.117. The van der Waals surface area contributed by atoms with Gasteiger partial charge in [-0.2, -0.15) is 0 Å². The number of benzene rings is 1. The van der Waals surface area contributed by atoms with Gasteiger partial charge in [-0.1, -0.05) is 24.4 Å². The molecule has 1 aromatic rings. The maximum absolute atomic E-state index is 12.1. The van der Waals surface area contributed by atoms with Gasteiger partial charge in [0.2, 0.25) is 5.91 Å². The lowest BCUT2D eigenvalue weighted by atomic mass is 10.0. The van der Waals surface area contributed by atoms with Crippen LogP contribution in [0.1, 0.15) is 43.2 Å². The molecule has 1 unspecified atom stereocenters. The van der Waals surface area contributed by atoms with Crippen LogP contribution in [0.5, 0.6) is 0 Å². The average Bonchev–Trinajstić information content (AvgIpc) is 2.48. The van der Waals surface area contributed by atoms with Gasteiger partial charge in [-0.25, -0.2) is 0 Å². The Morgan fingerprint density at radius 1 is 1.48 bits per heavy atom. The molecule has 0 bridgehead atoms. The van der Waals surface area contributed by atoms with Gasteiger partial charge in [-0.05, 0) is 44.2 Å². The number of ether oxygens (including phenoxy) is 1. The zero-order chi connectivity index (χ0) is 15.2. The normalized spacial score (nSPS) is 18.2. The number of hydrogen-bond donors (Lipinski definition) is 2. The van der Waals surface area contributed by atoms with Crippen molar-refractivity contribution in [1.29, 1.82) is 0 Å². The number of nitrogens with two attached hydrogens (primary N) is 1. The van der Waals surface area contributed by atoms with Crippen molar-refractivity contribution >= 4 is 28.8 Å². The fourth-order valence-corrected chi connectivity index (χ4v) is 2.58. The van der Waals surface area contributed by atoms with Crippen molar-refractivity contribution in [2.24, 2.45) is 5.73 Å². The molecule has 0 saturated carbocycles. The highest BCUT2D eigenvalue weighted by atomic mass is 32.1. The standard InChI is InChI=1S/C16H22N2O2S/c1-11-5-6-12(16(17)21)10-14(11)18-15(19)8-7-13-4-2-3-9-20-13/h5-6,10,13H,2-4,7-9H2,1H3,(H2,17,21)(H,18,19). The van der Waals surface area contributed by atoms with Gasteiger partial charge in [0.1, 0.15) is 4.99 Å². The molecule has 2 rings (SSSR count). The van der Waals surface area contributed by atoms with Crippen LogP contribution in [0.2, 0.25) is 0 Å². The topological polar surface area (TPSA) is 64.3 Å². The van der Waals surface area contributed by atoms with Gasteiger partial charge in [0, 0.05) is 24.3 Å². The van der Waals surface area contributed by atoms with Crippen LogP contribution in [0, 0.1) is 6.92 Å². The van der Waals surface area contributed by atoms with E-state index in [4.69, 9.17) is 22.7 Å². The summed E-state index contributed by atoms with van der Waals surface area (Å²) in [6.45, 7) is 2.77. The van der Waals surface area contributed by atoms with E-state index in [0.717, 1.165) is 42.7 Å². The van der Waals surface area contributed by atoms with Crippen molar-refractivity contribution in [3.63, 3.8) is 0 Å². The van der Waals surface area contributed by atoms with Gasteiger partial charge in [-0.15, -0.1) is 0 Å². The Kier molecular flexibility index (Phi) is 5.70. The van der Waals surface area contributed by atoms with Gasteiger partial charge in [0.05, 0.1) is 6.10 Å². The predicted molar refractivity (Wildman–Crippen MR) is 88.5 cm³/mol. The van der Waals surface area contributed by atoms with E-state index in [1.165, 1.54) is 6.42 Å². The molecule has 1 heterocycles. The number of thiocarbonyl (C=S) groups is 1. The second-order valence-corrected chi connectivity index (χ2v) is 5.91. The zero-order valence-electron chi connectivity index (χ0n) is 12.4. The number of rotatable bonds is 5. The van der Waals surface area contributed by atoms with E-state index < -0.39 is 0 Å². The highest BCUT2D eigenvalue weighted by Crippen LogP contribution is 2.19. The molecule has 1 aliphatic rings. The summed E-state index contributed by atoms with van der Waals surface area (Å²) < 4.78 is 5.64. The summed E-state index contributed by atoms with van der Waals surface area (Å²) in [6.07, 6.45) is 4.87. The third kappa shape index (κ3) is 4.79. The molecule has 1 aliphatic heterocycles. The Bertz CT molecular complexity index is 525. The number of carbonyl (C=O) groups is 1. The molecule has 0 aliphatic carbocycles. The van der Waals surface area contributed by atoms with Crippen molar-refractivity contribution < 1.29 is 9.53 Å². The van der Waals surface area contributed by atoms with Crippen molar-refractivity contribution in [2.75, 3.05) is 11.9 Å². The molecule has 0 radical (unpaired) electrons. The number of carbonyl (C=O) groups excluding carboxylic acids is 1. The average molecular weight is 306 g/mol. The molecule has 3 N–H and O–H groups in total. The maximum atomic E-state index is 12.1. The molecule has 1 saturated heterocycles. The second kappa shape index (κ2) is 7.52. The van der Waals surface area contributed by atoms with E-state index >= 15 is 0 Å².